The fraction of sp³-hybridized carbons (Fsp3) is 0. The van der Waals surface area contributed by atoms with Crippen LogP contribution in [0.5, 0.6) is 0 Å². The maximum absolute atomic E-state index is 7.18. The summed E-state index contributed by atoms with van der Waals surface area (Å²) in [6.07, 6.45) is 0. The minimum absolute atomic E-state index is 0. The zero-order valence-electron chi connectivity index (χ0n) is 1.75. The van der Waals surface area contributed by atoms with Crippen LogP contribution >= 0.6 is 12.6 Å². The second-order valence-electron chi connectivity index (χ2n) is 0.100. The van der Waals surface area contributed by atoms with Crippen LogP contribution < -0.4 is 0 Å². The fourth-order valence-electron chi connectivity index (χ4n) is 0. The van der Waals surface area contributed by atoms with Gasteiger partial charge < -0.3 is 0 Å². The first kappa shape index (κ1) is 15.8. The van der Waals surface area contributed by atoms with Gasteiger partial charge in [0.1, 0.15) is 5.40 Å². The quantitative estimate of drug-likeness (QED) is 0.291. The summed E-state index contributed by atoms with van der Waals surface area (Å²) in [5, 5.41) is 8.63. The summed E-state index contributed by atoms with van der Waals surface area (Å²) in [7, 11) is 0. The van der Waals surface area contributed by atoms with E-state index in [1.807, 2.05) is 0 Å². The Morgan fingerprint density at radius 2 is 1.60 bits per heavy atom. The third-order valence-electron chi connectivity index (χ3n) is 0. The average Bonchev–Trinajstić information content (AvgIpc) is 0.918. The molecule has 0 aromatic carbocycles. The van der Waals surface area contributed by atoms with Gasteiger partial charge in [0.15, 0.2) is 0 Å². The number of thiol groups is 1. The second kappa shape index (κ2) is 16.7. The number of rotatable bonds is 0. The third kappa shape index (κ3) is 24.0. The second-order valence-corrected chi connectivity index (χ2v) is 0.300. The van der Waals surface area contributed by atoms with Crippen molar-refractivity contribution in [1.82, 2.24) is 0 Å². The molecule has 0 rings (SSSR count). The van der Waals surface area contributed by atoms with Gasteiger partial charge in [0.25, 0.3) is 0 Å². The van der Waals surface area contributed by atoms with Crippen molar-refractivity contribution in [2.24, 2.45) is 0 Å². The van der Waals surface area contributed by atoms with E-state index in [0.29, 0.717) is 0 Å². The zero-order valence-corrected chi connectivity index (χ0v) is 3.75. The molecular weight excluding hydrogens is 153 g/mol. The van der Waals surface area contributed by atoms with Crippen molar-refractivity contribution >= 4 is 64.0 Å². The molecule has 0 saturated carbocycles. The molecule has 0 bridgehead atoms. The summed E-state index contributed by atoms with van der Waals surface area (Å²) in [6.45, 7) is 0. The molecule has 0 unspecified atom stereocenters. The maximum atomic E-state index is 7.18. The van der Waals surface area contributed by atoms with E-state index in [0.717, 1.165) is 0 Å². The standard InChI is InChI=1S/CHNS.Fe.K.H/c2-1-3;;;/h3H;;;. The van der Waals surface area contributed by atoms with Gasteiger partial charge in [-0.05, 0) is 0 Å². The molecule has 0 N–H and O–H groups in total. The number of hydrogen-bond acceptors (Lipinski definition) is 2. The van der Waals surface area contributed by atoms with Crippen LogP contribution in [0.25, 0.3) is 0 Å². The average molecular weight is 155 g/mol. The van der Waals surface area contributed by atoms with Crippen LogP contribution in [0.4, 0.5) is 0 Å². The zero-order chi connectivity index (χ0) is 2.71. The van der Waals surface area contributed by atoms with Gasteiger partial charge in [-0.15, -0.1) is 0 Å². The van der Waals surface area contributed by atoms with Crippen LogP contribution in [0, 0.1) is 10.7 Å². The van der Waals surface area contributed by atoms with Crippen molar-refractivity contribution in [3.8, 4) is 5.40 Å². The van der Waals surface area contributed by atoms with Crippen LogP contribution in [0.1, 0.15) is 0 Å². The Labute approximate surface area is 89.8 Å². The van der Waals surface area contributed by atoms with E-state index in [-0.39, 0.29) is 68.5 Å². The molecule has 0 aliphatic carbocycles. The Morgan fingerprint density at radius 3 is 1.60 bits per heavy atom. The normalized spacial score (nSPS) is 1.60. The summed E-state index contributed by atoms with van der Waals surface area (Å²) in [6, 6.07) is 0. The molecule has 0 atom stereocenters. The molecule has 0 heterocycles. The molecule has 0 saturated heterocycles. The van der Waals surface area contributed by atoms with Crippen molar-refractivity contribution in [2.45, 2.75) is 0 Å². The van der Waals surface area contributed by atoms with Gasteiger partial charge in [-0.1, -0.05) is 12.6 Å². The molecule has 4 heteroatoms. The van der Waals surface area contributed by atoms with E-state index in [2.05, 4.69) is 12.6 Å². The first-order valence-electron chi connectivity index (χ1n) is 0.447. The van der Waals surface area contributed by atoms with Crippen molar-refractivity contribution in [3.05, 3.63) is 0 Å². The number of thiocyanates is 1. The summed E-state index contributed by atoms with van der Waals surface area (Å²) in [5.41, 5.74) is 0. The van der Waals surface area contributed by atoms with E-state index in [4.69, 9.17) is 5.26 Å². The summed E-state index contributed by atoms with van der Waals surface area (Å²) in [4.78, 5) is 0. The minimum atomic E-state index is 0. The predicted molar refractivity (Wildman–Crippen MR) is 21.7 cm³/mol. The SMILES string of the molecule is N#CS.[Fe].[KH]. The van der Waals surface area contributed by atoms with E-state index in [1.165, 1.54) is 5.40 Å². The molecule has 26 valence electrons. The van der Waals surface area contributed by atoms with Gasteiger partial charge in [-0.2, -0.15) is 5.26 Å². The molecule has 0 aromatic heterocycles. The molecule has 0 radical (unpaired) electrons. The molecule has 0 aliphatic rings. The van der Waals surface area contributed by atoms with E-state index >= 15 is 0 Å². The first-order valence-corrected chi connectivity index (χ1v) is 0.894. The molecule has 0 spiro atoms. The topological polar surface area (TPSA) is 23.8 Å². The monoisotopic (exact) mass is 155 g/mol. The molecule has 1 nitrogen and oxygen atoms in total. The predicted octanol–water partition coefficient (Wildman–Crippen LogP) is -0.254. The third-order valence-corrected chi connectivity index (χ3v) is 0. The van der Waals surface area contributed by atoms with E-state index < -0.39 is 0 Å². The number of nitriles is 1. The van der Waals surface area contributed by atoms with Gasteiger partial charge in [-0.25, -0.2) is 0 Å². The van der Waals surface area contributed by atoms with Gasteiger partial charge in [0, 0.05) is 17.1 Å². The molecule has 0 fully saturated rings. The molecule has 0 aromatic rings. The van der Waals surface area contributed by atoms with Crippen LogP contribution in [0.3, 0.4) is 0 Å². The van der Waals surface area contributed by atoms with E-state index in [1.54, 1.807) is 0 Å². The Morgan fingerprint density at radius 1 is 1.60 bits per heavy atom. The first-order chi connectivity index (χ1) is 1.41. The summed E-state index contributed by atoms with van der Waals surface area (Å²) >= 11 is 3.09. The van der Waals surface area contributed by atoms with Crippen molar-refractivity contribution < 1.29 is 17.1 Å². The molecular formula is CH2FeKNS. The number of nitrogens with zero attached hydrogens (tertiary/aromatic N) is 1. The van der Waals surface area contributed by atoms with Crippen molar-refractivity contribution in [2.75, 3.05) is 0 Å². The number of hydrogen-bond donors (Lipinski definition) is 1. The Balaban J connectivity index is -0.0000000200. The van der Waals surface area contributed by atoms with Gasteiger partial charge >= 0.3 is 51.4 Å². The van der Waals surface area contributed by atoms with Crippen LogP contribution in [0.15, 0.2) is 0 Å². The van der Waals surface area contributed by atoms with Crippen molar-refractivity contribution in [3.63, 3.8) is 0 Å². The van der Waals surface area contributed by atoms with E-state index in [9.17, 15) is 0 Å². The molecule has 0 amide bonds. The summed E-state index contributed by atoms with van der Waals surface area (Å²) in [5.74, 6) is 0. The summed E-state index contributed by atoms with van der Waals surface area (Å²) < 4.78 is 0. The van der Waals surface area contributed by atoms with Crippen LogP contribution in [-0.2, 0) is 17.1 Å². The Hall–Kier alpha value is 2.00. The molecule has 5 heavy (non-hydrogen) atoms. The van der Waals surface area contributed by atoms with Gasteiger partial charge in [0.2, 0.25) is 0 Å². The van der Waals surface area contributed by atoms with Crippen molar-refractivity contribution in [1.29, 1.82) is 5.26 Å². The molecule has 0 aliphatic heterocycles. The van der Waals surface area contributed by atoms with Crippen LogP contribution in [-0.4, -0.2) is 51.4 Å². The Kier molecular flexibility index (Phi) is 52.5. The van der Waals surface area contributed by atoms with Gasteiger partial charge in [0.05, 0.1) is 0 Å². The van der Waals surface area contributed by atoms with Gasteiger partial charge in [-0.3, -0.25) is 0 Å². The van der Waals surface area contributed by atoms with Crippen LogP contribution in [0.2, 0.25) is 0 Å². The Bertz CT molecular complexity index is 33.1. The fourth-order valence-corrected chi connectivity index (χ4v) is 0.